The van der Waals surface area contributed by atoms with Gasteiger partial charge in [0, 0.05) is 32.0 Å². The van der Waals surface area contributed by atoms with Crippen molar-refractivity contribution in [3.8, 4) is 6.07 Å². The molecule has 21 heavy (non-hydrogen) atoms. The number of morpholine rings is 1. The van der Waals surface area contributed by atoms with Crippen LogP contribution in [0.1, 0.15) is 11.3 Å². The molecule has 2 aromatic rings. The number of ether oxygens (including phenoxy) is 1. The van der Waals surface area contributed by atoms with Crippen LogP contribution in [0.3, 0.4) is 0 Å². The molecule has 1 fully saturated rings. The zero-order valence-electron chi connectivity index (χ0n) is 11.6. The van der Waals surface area contributed by atoms with Crippen molar-refractivity contribution in [2.24, 2.45) is 0 Å². The highest BCUT2D eigenvalue weighted by atomic mass is 16.5. The summed E-state index contributed by atoms with van der Waals surface area (Å²) in [5, 5.41) is 16.5. The summed E-state index contributed by atoms with van der Waals surface area (Å²) in [5.41, 5.74) is 1.56. The van der Waals surface area contributed by atoms with Crippen LogP contribution in [-0.4, -0.2) is 50.7 Å². The van der Waals surface area contributed by atoms with Gasteiger partial charge in [-0.1, -0.05) is 5.21 Å². The first-order chi connectivity index (χ1) is 10.3. The summed E-state index contributed by atoms with van der Waals surface area (Å²) < 4.78 is 7.55. The lowest BCUT2D eigenvalue weighted by Gasteiger charge is -2.32. The summed E-state index contributed by atoms with van der Waals surface area (Å²) in [4.78, 5) is 6.62. The zero-order chi connectivity index (χ0) is 14.5. The molecule has 108 valence electrons. The lowest BCUT2D eigenvalue weighted by molar-refractivity contribution is -0.0407. The summed E-state index contributed by atoms with van der Waals surface area (Å²) in [7, 11) is 0. The number of hydrogen-bond donors (Lipinski definition) is 0. The van der Waals surface area contributed by atoms with Gasteiger partial charge < -0.3 is 4.74 Å². The SMILES string of the molecule is N#Cc1ccc(CN2CCOC(Cn3ccnn3)C2)nc1. The number of nitrogens with zero attached hydrogens (tertiary/aromatic N) is 6. The minimum absolute atomic E-state index is 0.110. The Morgan fingerprint density at radius 2 is 2.38 bits per heavy atom. The van der Waals surface area contributed by atoms with Gasteiger partial charge in [-0.3, -0.25) is 9.88 Å². The third-order valence-corrected chi connectivity index (χ3v) is 3.42. The smallest absolute Gasteiger partial charge is 0.101 e. The highest BCUT2D eigenvalue weighted by Crippen LogP contribution is 2.11. The van der Waals surface area contributed by atoms with Crippen LogP contribution in [0.4, 0.5) is 0 Å². The molecule has 0 aromatic carbocycles. The molecule has 3 rings (SSSR count). The van der Waals surface area contributed by atoms with E-state index in [0.717, 1.165) is 25.3 Å². The van der Waals surface area contributed by atoms with E-state index in [1.165, 1.54) is 0 Å². The molecule has 0 spiro atoms. The van der Waals surface area contributed by atoms with Crippen LogP contribution in [0.25, 0.3) is 0 Å². The quantitative estimate of drug-likeness (QED) is 0.811. The van der Waals surface area contributed by atoms with E-state index in [4.69, 9.17) is 10.00 Å². The van der Waals surface area contributed by atoms with Crippen molar-refractivity contribution >= 4 is 0 Å². The van der Waals surface area contributed by atoms with Gasteiger partial charge in [-0.25, -0.2) is 4.68 Å². The molecular formula is C14H16N6O. The molecule has 1 unspecified atom stereocenters. The molecule has 7 nitrogen and oxygen atoms in total. The lowest BCUT2D eigenvalue weighted by Crippen LogP contribution is -2.43. The van der Waals surface area contributed by atoms with Gasteiger partial charge in [0.2, 0.25) is 0 Å². The van der Waals surface area contributed by atoms with E-state index in [0.29, 0.717) is 18.7 Å². The van der Waals surface area contributed by atoms with Crippen LogP contribution in [0, 0.1) is 11.3 Å². The second-order valence-corrected chi connectivity index (χ2v) is 5.00. The van der Waals surface area contributed by atoms with Crippen molar-refractivity contribution in [2.45, 2.75) is 19.2 Å². The van der Waals surface area contributed by atoms with Crippen LogP contribution in [0.2, 0.25) is 0 Å². The van der Waals surface area contributed by atoms with Gasteiger partial charge in [0.05, 0.1) is 36.7 Å². The summed E-state index contributed by atoms with van der Waals surface area (Å²) >= 11 is 0. The largest absolute Gasteiger partial charge is 0.374 e. The Balaban J connectivity index is 1.56. The molecule has 0 radical (unpaired) electrons. The second-order valence-electron chi connectivity index (χ2n) is 5.00. The van der Waals surface area contributed by atoms with Crippen LogP contribution in [0.5, 0.6) is 0 Å². The Hall–Kier alpha value is -2.30. The normalized spacial score (nSPS) is 19.3. The van der Waals surface area contributed by atoms with Gasteiger partial charge in [-0.05, 0) is 12.1 Å². The molecule has 0 aliphatic carbocycles. The van der Waals surface area contributed by atoms with E-state index in [2.05, 4.69) is 26.3 Å². The van der Waals surface area contributed by atoms with E-state index >= 15 is 0 Å². The topological polar surface area (TPSA) is 79.9 Å². The second kappa shape index (κ2) is 6.43. The van der Waals surface area contributed by atoms with Crippen molar-refractivity contribution in [3.05, 3.63) is 42.0 Å². The first kappa shape index (κ1) is 13.7. The monoisotopic (exact) mass is 284 g/mol. The minimum Gasteiger partial charge on any atom is -0.374 e. The number of nitriles is 1. The number of aromatic nitrogens is 4. The van der Waals surface area contributed by atoms with Crippen molar-refractivity contribution in [1.29, 1.82) is 5.26 Å². The van der Waals surface area contributed by atoms with Crippen LogP contribution in [0.15, 0.2) is 30.7 Å². The first-order valence-corrected chi connectivity index (χ1v) is 6.86. The molecule has 1 aliphatic heterocycles. The van der Waals surface area contributed by atoms with Crippen molar-refractivity contribution < 1.29 is 4.74 Å². The van der Waals surface area contributed by atoms with Crippen molar-refractivity contribution in [2.75, 3.05) is 19.7 Å². The highest BCUT2D eigenvalue weighted by molar-refractivity contribution is 5.26. The Labute approximate surface area is 122 Å². The van der Waals surface area contributed by atoms with E-state index in [9.17, 15) is 0 Å². The molecule has 0 bridgehead atoms. The highest BCUT2D eigenvalue weighted by Gasteiger charge is 2.21. The summed E-state index contributed by atoms with van der Waals surface area (Å²) in [6, 6.07) is 5.78. The fourth-order valence-corrected chi connectivity index (χ4v) is 2.39. The van der Waals surface area contributed by atoms with Gasteiger partial charge in [0.15, 0.2) is 0 Å². The molecule has 0 N–H and O–H groups in total. The van der Waals surface area contributed by atoms with E-state index in [1.807, 2.05) is 12.3 Å². The van der Waals surface area contributed by atoms with Crippen molar-refractivity contribution in [1.82, 2.24) is 24.9 Å². The summed E-state index contributed by atoms with van der Waals surface area (Å²) in [6.45, 7) is 3.90. The third kappa shape index (κ3) is 3.62. The van der Waals surface area contributed by atoms with Crippen molar-refractivity contribution in [3.63, 3.8) is 0 Å². The Bertz CT molecular complexity index is 603. The maximum absolute atomic E-state index is 8.78. The first-order valence-electron chi connectivity index (χ1n) is 6.86. The molecule has 1 saturated heterocycles. The summed E-state index contributed by atoms with van der Waals surface area (Å²) in [5.74, 6) is 0. The van der Waals surface area contributed by atoms with E-state index < -0.39 is 0 Å². The molecule has 3 heterocycles. The summed E-state index contributed by atoms with van der Waals surface area (Å²) in [6.07, 6.45) is 5.23. The van der Waals surface area contributed by atoms with Gasteiger partial charge in [-0.2, -0.15) is 5.26 Å². The van der Waals surface area contributed by atoms with E-state index in [1.54, 1.807) is 23.1 Å². The fraction of sp³-hybridized carbons (Fsp3) is 0.429. The molecule has 1 aliphatic rings. The van der Waals surface area contributed by atoms with Crippen LogP contribution in [-0.2, 0) is 17.8 Å². The number of pyridine rings is 1. The molecule has 1 atom stereocenters. The van der Waals surface area contributed by atoms with Crippen LogP contribution >= 0.6 is 0 Å². The molecule has 7 heteroatoms. The van der Waals surface area contributed by atoms with Gasteiger partial charge in [-0.15, -0.1) is 5.10 Å². The average molecular weight is 284 g/mol. The predicted octanol–water partition coefficient (Wildman–Crippen LogP) is 0.446. The zero-order valence-corrected chi connectivity index (χ0v) is 11.6. The molecule has 2 aromatic heterocycles. The predicted molar refractivity (Wildman–Crippen MR) is 74.0 cm³/mol. The Morgan fingerprint density at radius 1 is 1.43 bits per heavy atom. The van der Waals surface area contributed by atoms with Crippen LogP contribution < -0.4 is 0 Å². The fourth-order valence-electron chi connectivity index (χ4n) is 2.39. The van der Waals surface area contributed by atoms with Gasteiger partial charge in [0.1, 0.15) is 6.07 Å². The molecule has 0 saturated carbocycles. The van der Waals surface area contributed by atoms with E-state index in [-0.39, 0.29) is 6.10 Å². The minimum atomic E-state index is 0.110. The maximum Gasteiger partial charge on any atom is 0.101 e. The standard InChI is InChI=1S/C14H16N6O/c15-7-12-1-2-13(16-8-12)9-19-5-6-21-14(10-19)11-20-4-3-17-18-20/h1-4,8,14H,5-6,9-11H2. The average Bonchev–Trinajstić information content (AvgIpc) is 3.01. The van der Waals surface area contributed by atoms with Gasteiger partial charge in [0.25, 0.3) is 0 Å². The number of hydrogen-bond acceptors (Lipinski definition) is 6. The maximum atomic E-state index is 8.78. The van der Waals surface area contributed by atoms with Gasteiger partial charge >= 0.3 is 0 Å². The Morgan fingerprint density at radius 3 is 3.10 bits per heavy atom. The lowest BCUT2D eigenvalue weighted by atomic mass is 10.2. The third-order valence-electron chi connectivity index (χ3n) is 3.42. The number of rotatable bonds is 4. The molecule has 0 amide bonds. The Kier molecular flexibility index (Phi) is 4.19. The molecular weight excluding hydrogens is 268 g/mol.